The smallest absolute Gasteiger partial charge is 0.260 e. The number of aryl methyl sites for hydroxylation is 1. The summed E-state index contributed by atoms with van der Waals surface area (Å²) < 4.78 is 6.62. The molecule has 0 saturated carbocycles. The minimum atomic E-state index is -0.0295. The van der Waals surface area contributed by atoms with Gasteiger partial charge in [-0.25, -0.2) is 9.97 Å². The molecule has 0 aliphatic carbocycles. The van der Waals surface area contributed by atoms with Crippen LogP contribution in [0.15, 0.2) is 66.0 Å². The van der Waals surface area contributed by atoms with E-state index >= 15 is 0 Å². The Bertz CT molecular complexity index is 1560. The first-order valence-electron chi connectivity index (χ1n) is 13.1. The Morgan fingerprint density at radius 1 is 1.03 bits per heavy atom. The number of hydrogen-bond donors (Lipinski definition) is 0. The average Bonchev–Trinajstić information content (AvgIpc) is 3.65. The first-order valence-corrected chi connectivity index (χ1v) is 14.8. The standard InChI is InChI=1S/C30H30N4O2S2/c1-2-21-10-11-25-28(19-21)38-30(32-25)34(13-6-12-33-14-16-36-17-15-33)29(35)23-20-26(27-9-5-18-37-27)31-24-8-4-3-7-22(23)24/h3-5,7-11,18-20H,2,6,12-17H2,1H3. The average molecular weight is 543 g/mol. The Kier molecular flexibility index (Phi) is 7.47. The number of fused-ring (bicyclic) bond motifs is 2. The summed E-state index contributed by atoms with van der Waals surface area (Å²) in [6.07, 6.45) is 1.84. The lowest BCUT2D eigenvalue weighted by atomic mass is 10.1. The minimum absolute atomic E-state index is 0.0295. The Hall–Kier alpha value is -3.17. The highest BCUT2D eigenvalue weighted by Gasteiger charge is 2.25. The topological polar surface area (TPSA) is 58.6 Å². The number of nitrogens with zero attached hydrogens (tertiary/aromatic N) is 4. The van der Waals surface area contributed by atoms with Gasteiger partial charge in [0.15, 0.2) is 5.13 Å². The molecule has 1 aliphatic heterocycles. The van der Waals surface area contributed by atoms with Crippen LogP contribution >= 0.6 is 22.7 Å². The number of para-hydroxylation sites is 1. The fourth-order valence-corrected chi connectivity index (χ4v) is 6.64. The first kappa shape index (κ1) is 25.1. The number of pyridine rings is 1. The van der Waals surface area contributed by atoms with Gasteiger partial charge in [0, 0.05) is 31.6 Å². The molecule has 8 heteroatoms. The molecular formula is C30H30N4O2S2. The van der Waals surface area contributed by atoms with Crippen LogP contribution < -0.4 is 4.90 Å². The van der Waals surface area contributed by atoms with E-state index in [9.17, 15) is 4.79 Å². The molecule has 0 spiro atoms. The van der Waals surface area contributed by atoms with Crippen LogP contribution in [0, 0.1) is 0 Å². The number of benzene rings is 2. The second-order valence-corrected chi connectivity index (χ2v) is 11.4. The number of amides is 1. The summed E-state index contributed by atoms with van der Waals surface area (Å²) in [5.74, 6) is -0.0295. The van der Waals surface area contributed by atoms with Gasteiger partial charge in [-0.15, -0.1) is 11.3 Å². The SMILES string of the molecule is CCc1ccc2nc(N(CCCN3CCOCC3)C(=O)c3cc(-c4cccs4)nc4ccccc34)sc2c1. The van der Waals surface area contributed by atoms with E-state index in [1.165, 1.54) is 5.56 Å². The molecule has 194 valence electrons. The summed E-state index contributed by atoms with van der Waals surface area (Å²) >= 11 is 3.23. The third-order valence-electron chi connectivity index (χ3n) is 7.01. The van der Waals surface area contributed by atoms with Crippen molar-refractivity contribution >= 4 is 54.8 Å². The molecule has 1 fully saturated rings. The minimum Gasteiger partial charge on any atom is -0.379 e. The molecule has 1 aliphatic rings. The van der Waals surface area contributed by atoms with Gasteiger partial charge in [0.2, 0.25) is 0 Å². The van der Waals surface area contributed by atoms with Crippen molar-refractivity contribution in [3.8, 4) is 10.6 Å². The molecule has 1 saturated heterocycles. The molecule has 0 unspecified atom stereocenters. The largest absolute Gasteiger partial charge is 0.379 e. The molecule has 6 nitrogen and oxygen atoms in total. The van der Waals surface area contributed by atoms with Crippen LogP contribution in [0.25, 0.3) is 31.7 Å². The van der Waals surface area contributed by atoms with Crippen LogP contribution in [0.4, 0.5) is 5.13 Å². The van der Waals surface area contributed by atoms with Crippen LogP contribution in [0.3, 0.4) is 0 Å². The zero-order valence-electron chi connectivity index (χ0n) is 21.4. The number of carbonyl (C=O) groups excluding carboxylic acids is 1. The quantitative estimate of drug-likeness (QED) is 0.224. The van der Waals surface area contributed by atoms with Crippen LogP contribution in [0.2, 0.25) is 0 Å². The Balaban J connectivity index is 1.39. The molecule has 0 N–H and O–H groups in total. The lowest BCUT2D eigenvalue weighted by Gasteiger charge is -2.28. The van der Waals surface area contributed by atoms with E-state index in [1.807, 2.05) is 46.7 Å². The normalized spacial score (nSPS) is 14.3. The van der Waals surface area contributed by atoms with Crippen molar-refractivity contribution in [1.29, 1.82) is 0 Å². The number of morpholine rings is 1. The van der Waals surface area contributed by atoms with Crippen molar-refractivity contribution < 1.29 is 9.53 Å². The number of thiazole rings is 1. The van der Waals surface area contributed by atoms with E-state index in [4.69, 9.17) is 14.7 Å². The molecule has 0 bridgehead atoms. The zero-order valence-corrected chi connectivity index (χ0v) is 23.1. The Labute approximate surface area is 230 Å². The van der Waals surface area contributed by atoms with Gasteiger partial charge in [-0.05, 0) is 54.1 Å². The maximum atomic E-state index is 14.4. The highest BCUT2D eigenvalue weighted by Crippen LogP contribution is 2.33. The summed E-state index contributed by atoms with van der Waals surface area (Å²) in [5, 5.41) is 3.65. The van der Waals surface area contributed by atoms with Gasteiger partial charge in [-0.2, -0.15) is 0 Å². The summed E-state index contributed by atoms with van der Waals surface area (Å²) in [5.41, 5.74) is 4.53. The summed E-state index contributed by atoms with van der Waals surface area (Å²) in [4.78, 5) is 29.6. The third-order valence-corrected chi connectivity index (χ3v) is 8.94. The van der Waals surface area contributed by atoms with Crippen LogP contribution in [-0.4, -0.2) is 60.2 Å². The molecular weight excluding hydrogens is 512 g/mol. The number of ether oxygens (including phenoxy) is 1. The van der Waals surface area contributed by atoms with Crippen molar-refractivity contribution in [2.24, 2.45) is 0 Å². The molecule has 0 radical (unpaired) electrons. The number of carbonyl (C=O) groups is 1. The Morgan fingerprint density at radius 3 is 2.71 bits per heavy atom. The first-order chi connectivity index (χ1) is 18.7. The van der Waals surface area contributed by atoms with Crippen LogP contribution in [0.5, 0.6) is 0 Å². The fourth-order valence-electron chi connectivity index (χ4n) is 4.90. The predicted molar refractivity (Wildman–Crippen MR) is 158 cm³/mol. The monoisotopic (exact) mass is 542 g/mol. The third kappa shape index (κ3) is 5.22. The number of rotatable bonds is 8. The van der Waals surface area contributed by atoms with Gasteiger partial charge in [0.1, 0.15) is 0 Å². The van der Waals surface area contributed by atoms with Crippen molar-refractivity contribution in [3.05, 3.63) is 77.2 Å². The van der Waals surface area contributed by atoms with Crippen LogP contribution in [-0.2, 0) is 11.2 Å². The Morgan fingerprint density at radius 2 is 1.89 bits per heavy atom. The molecule has 3 aromatic heterocycles. The van der Waals surface area contributed by atoms with E-state index in [-0.39, 0.29) is 5.91 Å². The van der Waals surface area contributed by atoms with E-state index in [2.05, 4.69) is 36.1 Å². The lowest BCUT2D eigenvalue weighted by Crippen LogP contribution is -2.39. The highest BCUT2D eigenvalue weighted by molar-refractivity contribution is 7.22. The maximum Gasteiger partial charge on any atom is 0.260 e. The second-order valence-electron chi connectivity index (χ2n) is 9.47. The lowest BCUT2D eigenvalue weighted by molar-refractivity contribution is 0.0376. The summed E-state index contributed by atoms with van der Waals surface area (Å²) in [6.45, 7) is 7.10. The second kappa shape index (κ2) is 11.3. The number of aromatic nitrogens is 2. The van der Waals surface area contributed by atoms with Crippen molar-refractivity contribution in [2.45, 2.75) is 19.8 Å². The van der Waals surface area contributed by atoms with Gasteiger partial charge >= 0.3 is 0 Å². The summed E-state index contributed by atoms with van der Waals surface area (Å²) in [7, 11) is 0. The van der Waals surface area contributed by atoms with Gasteiger partial charge in [-0.3, -0.25) is 14.6 Å². The van der Waals surface area contributed by atoms with Crippen molar-refractivity contribution in [3.63, 3.8) is 0 Å². The fraction of sp³-hybridized carbons (Fsp3) is 0.300. The van der Waals surface area contributed by atoms with Crippen molar-refractivity contribution in [1.82, 2.24) is 14.9 Å². The van der Waals surface area contributed by atoms with Gasteiger partial charge in [-0.1, -0.05) is 48.6 Å². The summed E-state index contributed by atoms with van der Waals surface area (Å²) in [6, 6.07) is 20.3. The molecule has 1 amide bonds. The highest BCUT2D eigenvalue weighted by atomic mass is 32.1. The van der Waals surface area contributed by atoms with E-state index < -0.39 is 0 Å². The number of hydrogen-bond acceptors (Lipinski definition) is 7. The maximum absolute atomic E-state index is 14.4. The van der Waals surface area contributed by atoms with E-state index in [0.29, 0.717) is 12.1 Å². The number of thiophene rings is 1. The zero-order chi connectivity index (χ0) is 25.9. The molecule has 2 aromatic carbocycles. The molecule has 38 heavy (non-hydrogen) atoms. The van der Waals surface area contributed by atoms with Gasteiger partial charge < -0.3 is 4.74 Å². The van der Waals surface area contributed by atoms with Gasteiger partial charge in [0.25, 0.3) is 5.91 Å². The molecule has 0 atom stereocenters. The van der Waals surface area contributed by atoms with Gasteiger partial charge in [0.05, 0.1) is 45.1 Å². The van der Waals surface area contributed by atoms with Crippen molar-refractivity contribution in [2.75, 3.05) is 44.3 Å². The van der Waals surface area contributed by atoms with Crippen LogP contribution in [0.1, 0.15) is 29.3 Å². The molecule has 4 heterocycles. The van der Waals surface area contributed by atoms with E-state index in [1.54, 1.807) is 22.7 Å². The molecule has 5 aromatic rings. The number of anilines is 1. The predicted octanol–water partition coefficient (Wildman–Crippen LogP) is 6.50. The van der Waals surface area contributed by atoms with E-state index in [0.717, 1.165) is 82.5 Å². The molecule has 6 rings (SSSR count).